The van der Waals surface area contributed by atoms with Gasteiger partial charge in [-0.15, -0.1) is 5.10 Å². The number of hydrogen-bond donors (Lipinski definition) is 2. The number of carboxylic acid groups (broad SMARTS) is 1. The van der Waals surface area contributed by atoms with Crippen LogP contribution in [0.4, 0.5) is 10.7 Å². The van der Waals surface area contributed by atoms with Crippen molar-refractivity contribution in [2.75, 3.05) is 25.0 Å². The van der Waals surface area contributed by atoms with Crippen molar-refractivity contribution in [3.8, 4) is 11.3 Å². The summed E-state index contributed by atoms with van der Waals surface area (Å²) in [6, 6.07) is 14.0. The monoisotopic (exact) mass is 395 g/mol. The molecule has 1 saturated heterocycles. The minimum Gasteiger partial charge on any atom is -0.465 e. The molecule has 29 heavy (non-hydrogen) atoms. The highest BCUT2D eigenvalue weighted by atomic mass is 16.5. The van der Waals surface area contributed by atoms with Crippen molar-refractivity contribution >= 4 is 17.7 Å². The third-order valence-electron chi connectivity index (χ3n) is 5.17. The van der Waals surface area contributed by atoms with Gasteiger partial charge in [0.2, 0.25) is 0 Å². The predicted molar refractivity (Wildman–Crippen MR) is 110 cm³/mol. The number of likely N-dealkylation sites (tertiary alicyclic amines) is 1. The van der Waals surface area contributed by atoms with E-state index in [-0.39, 0.29) is 5.95 Å². The van der Waals surface area contributed by atoms with Gasteiger partial charge in [0.25, 0.3) is 5.95 Å². The number of amides is 1. The van der Waals surface area contributed by atoms with E-state index in [1.165, 1.54) is 5.56 Å². The number of anilines is 1. The van der Waals surface area contributed by atoms with Gasteiger partial charge >= 0.3 is 6.09 Å². The summed E-state index contributed by atoms with van der Waals surface area (Å²) in [6.07, 6.45) is 1.40. The minimum atomic E-state index is -1.18. The quantitative estimate of drug-likeness (QED) is 0.664. The summed E-state index contributed by atoms with van der Waals surface area (Å²) in [5.74, 6) is 0.0667. The molecule has 3 heterocycles. The maximum Gasteiger partial charge on any atom is 0.411 e. The number of fused-ring (bicyclic) bond motifs is 1. The second kappa shape index (κ2) is 8.59. The largest absolute Gasteiger partial charge is 0.465 e. The van der Waals surface area contributed by atoms with Crippen LogP contribution in [0, 0.1) is 0 Å². The van der Waals surface area contributed by atoms with Gasteiger partial charge in [0.15, 0.2) is 5.65 Å². The zero-order chi connectivity index (χ0) is 20.2. The van der Waals surface area contributed by atoms with Crippen molar-refractivity contribution in [1.29, 1.82) is 0 Å². The predicted octanol–water partition coefficient (Wildman–Crippen LogP) is 3.49. The Kier molecular flexibility index (Phi) is 5.73. The van der Waals surface area contributed by atoms with E-state index in [1.807, 2.05) is 12.1 Å². The topological polar surface area (TPSA) is 92.0 Å². The summed E-state index contributed by atoms with van der Waals surface area (Å²) in [5, 5.41) is 15.3. The number of benzene rings is 1. The molecule has 1 aliphatic heterocycles. The lowest BCUT2D eigenvalue weighted by Crippen LogP contribution is -2.36. The summed E-state index contributed by atoms with van der Waals surface area (Å²) in [6.45, 7) is 5.89. The number of rotatable bonds is 6. The van der Waals surface area contributed by atoms with Gasteiger partial charge in [0.1, 0.15) is 0 Å². The molecule has 2 aromatic heterocycles. The van der Waals surface area contributed by atoms with Crippen LogP contribution in [0.5, 0.6) is 0 Å². The number of piperidine rings is 1. The summed E-state index contributed by atoms with van der Waals surface area (Å²) in [5.41, 5.74) is 3.72. The lowest BCUT2D eigenvalue weighted by Gasteiger charge is -2.31. The van der Waals surface area contributed by atoms with E-state index in [2.05, 4.69) is 51.5 Å². The van der Waals surface area contributed by atoms with E-state index in [0.717, 1.165) is 50.3 Å². The van der Waals surface area contributed by atoms with Crippen molar-refractivity contribution in [1.82, 2.24) is 19.5 Å². The second-order valence-electron chi connectivity index (χ2n) is 7.17. The normalized spacial score (nSPS) is 15.6. The molecular weight excluding hydrogens is 370 g/mol. The van der Waals surface area contributed by atoms with Gasteiger partial charge in [-0.3, -0.25) is 10.2 Å². The van der Waals surface area contributed by atoms with Gasteiger partial charge in [-0.1, -0.05) is 30.3 Å². The van der Waals surface area contributed by atoms with Gasteiger partial charge < -0.3 is 9.84 Å². The van der Waals surface area contributed by atoms with Crippen molar-refractivity contribution in [2.45, 2.75) is 32.4 Å². The fourth-order valence-corrected chi connectivity index (χ4v) is 3.78. The molecule has 0 spiro atoms. The number of ether oxygens (including phenoxy) is 1. The number of nitrogens with one attached hydrogen (secondary N) is 1. The number of hydrogen-bond acceptors (Lipinski definition) is 5. The Bertz CT molecular complexity index is 978. The van der Waals surface area contributed by atoms with Crippen molar-refractivity contribution in [3.63, 3.8) is 0 Å². The molecule has 0 radical (unpaired) electrons. The third-order valence-corrected chi connectivity index (χ3v) is 5.17. The number of pyridine rings is 1. The van der Waals surface area contributed by atoms with Gasteiger partial charge in [-0.25, -0.2) is 9.31 Å². The molecular formula is C21H25N5O3. The maximum absolute atomic E-state index is 10.8. The molecule has 0 saturated carbocycles. The Morgan fingerprint density at radius 2 is 1.97 bits per heavy atom. The first-order valence-corrected chi connectivity index (χ1v) is 9.91. The number of nitrogens with zero attached hydrogens (tertiary/aromatic N) is 4. The van der Waals surface area contributed by atoms with Crippen molar-refractivity contribution in [3.05, 3.63) is 48.0 Å². The van der Waals surface area contributed by atoms with Crippen LogP contribution in [-0.2, 0) is 11.3 Å². The van der Waals surface area contributed by atoms with Gasteiger partial charge in [-0.05, 0) is 37.5 Å². The Morgan fingerprint density at radius 1 is 1.21 bits per heavy atom. The summed E-state index contributed by atoms with van der Waals surface area (Å²) in [4.78, 5) is 17.5. The highest BCUT2D eigenvalue weighted by Gasteiger charge is 2.19. The highest BCUT2D eigenvalue weighted by molar-refractivity contribution is 5.80. The molecule has 1 amide bonds. The zero-order valence-electron chi connectivity index (χ0n) is 16.4. The molecule has 0 atom stereocenters. The molecule has 8 nitrogen and oxygen atoms in total. The molecule has 4 rings (SSSR count). The molecule has 1 aliphatic rings. The first-order chi connectivity index (χ1) is 14.1. The number of carbonyl (C=O) groups is 1. The third kappa shape index (κ3) is 4.55. The Labute approximate surface area is 169 Å². The molecule has 1 fully saturated rings. The minimum absolute atomic E-state index is 0.0667. The lowest BCUT2D eigenvalue weighted by atomic mass is 10.1. The van der Waals surface area contributed by atoms with Crippen molar-refractivity contribution < 1.29 is 14.6 Å². The van der Waals surface area contributed by atoms with E-state index in [9.17, 15) is 4.79 Å². The maximum atomic E-state index is 10.8. The molecule has 1 aromatic carbocycles. The summed E-state index contributed by atoms with van der Waals surface area (Å²) in [7, 11) is 0. The average molecular weight is 395 g/mol. The van der Waals surface area contributed by atoms with Crippen LogP contribution in [-0.4, -0.2) is 56.5 Å². The van der Waals surface area contributed by atoms with Crippen molar-refractivity contribution in [2.24, 2.45) is 0 Å². The average Bonchev–Trinajstić information content (AvgIpc) is 3.12. The molecule has 8 heteroatoms. The second-order valence-corrected chi connectivity index (χ2v) is 7.17. The Hall–Kier alpha value is -2.97. The summed E-state index contributed by atoms with van der Waals surface area (Å²) >= 11 is 0. The van der Waals surface area contributed by atoms with Crippen LogP contribution in [0.15, 0.2) is 42.5 Å². The lowest BCUT2D eigenvalue weighted by molar-refractivity contribution is 0.0125. The Morgan fingerprint density at radius 3 is 2.66 bits per heavy atom. The van der Waals surface area contributed by atoms with Crippen LogP contribution in [0.1, 0.15) is 25.3 Å². The SMILES string of the molecule is CCOC1CCN(Cc2ccc(-c3cccc4nc(NC(=O)O)nn34)cc2)CC1. The van der Waals surface area contributed by atoms with E-state index in [1.54, 1.807) is 10.6 Å². The molecule has 152 valence electrons. The smallest absolute Gasteiger partial charge is 0.411 e. The first-order valence-electron chi connectivity index (χ1n) is 9.91. The van der Waals surface area contributed by atoms with Crippen LogP contribution < -0.4 is 5.32 Å². The number of aromatic nitrogens is 3. The van der Waals surface area contributed by atoms with Gasteiger partial charge in [-0.2, -0.15) is 4.98 Å². The molecule has 0 bridgehead atoms. The van der Waals surface area contributed by atoms with E-state index < -0.39 is 6.09 Å². The van der Waals surface area contributed by atoms with Gasteiger partial charge in [0.05, 0.1) is 11.8 Å². The van der Waals surface area contributed by atoms with Gasteiger partial charge in [0, 0.05) is 31.8 Å². The Balaban J connectivity index is 1.47. The van der Waals surface area contributed by atoms with Crippen LogP contribution in [0.25, 0.3) is 16.9 Å². The van der Waals surface area contributed by atoms with Crippen LogP contribution >= 0.6 is 0 Å². The summed E-state index contributed by atoms with van der Waals surface area (Å²) < 4.78 is 7.38. The standard InChI is InChI=1S/C21H25N5O3/c1-2-29-17-10-12-25(13-11-17)14-15-6-8-16(9-7-15)18-4-3-5-19-22-20(23-21(27)28)24-26(18)19/h3-9,17H,2,10-14H2,1H3,(H,23,24)(H,27,28). The van der Waals surface area contributed by atoms with E-state index in [4.69, 9.17) is 9.84 Å². The van der Waals surface area contributed by atoms with Crippen LogP contribution in [0.3, 0.4) is 0 Å². The first kappa shape index (κ1) is 19.4. The fourth-order valence-electron chi connectivity index (χ4n) is 3.78. The molecule has 3 aromatic rings. The molecule has 2 N–H and O–H groups in total. The van der Waals surface area contributed by atoms with E-state index in [0.29, 0.717) is 11.8 Å². The van der Waals surface area contributed by atoms with E-state index >= 15 is 0 Å². The van der Waals surface area contributed by atoms with Crippen LogP contribution in [0.2, 0.25) is 0 Å². The zero-order valence-corrected chi connectivity index (χ0v) is 16.4. The fraction of sp³-hybridized carbons (Fsp3) is 0.381. The molecule has 0 aliphatic carbocycles. The highest BCUT2D eigenvalue weighted by Crippen LogP contribution is 2.23. The molecule has 0 unspecified atom stereocenters.